The summed E-state index contributed by atoms with van der Waals surface area (Å²) in [5.74, 6) is 0.184. The van der Waals surface area contributed by atoms with E-state index in [1.54, 1.807) is 0 Å². The van der Waals surface area contributed by atoms with Gasteiger partial charge < -0.3 is 10.0 Å². The van der Waals surface area contributed by atoms with Crippen molar-refractivity contribution in [1.82, 2.24) is 10.0 Å². The monoisotopic (exact) mass is 451 g/mol. The number of benzene rings is 3. The maximum atomic E-state index is 12.7. The summed E-state index contributed by atoms with van der Waals surface area (Å²) in [6.45, 7) is 0.491. The molecule has 0 radical (unpaired) electrons. The first-order valence-electron chi connectivity index (χ1n) is 8.90. The Kier molecular flexibility index (Phi) is 5.78. The Morgan fingerprint density at radius 2 is 1.64 bits per heavy atom. The summed E-state index contributed by atoms with van der Waals surface area (Å²) in [4.78, 5) is 18.2. The fourth-order valence-electron chi connectivity index (χ4n) is 3.08. The Labute approximate surface area is 176 Å². The fourth-order valence-corrected chi connectivity index (χ4v) is 4.34. The normalized spacial score (nSPS) is 12.7. The van der Waals surface area contributed by atoms with Crippen LogP contribution in [0, 0.1) is 0 Å². The van der Waals surface area contributed by atoms with Gasteiger partial charge in [0, 0.05) is 16.9 Å². The first kappa shape index (κ1) is 18.8. The molecule has 4 rings (SSSR count). The molecule has 0 saturated heterocycles. The lowest BCUT2D eigenvalue weighted by Crippen LogP contribution is -2.40. The summed E-state index contributed by atoms with van der Waals surface area (Å²) in [5.41, 5.74) is 3.12. The Morgan fingerprint density at radius 1 is 1.00 bits per heavy atom. The zero-order chi connectivity index (χ0) is 19.3. The van der Waals surface area contributed by atoms with Crippen molar-refractivity contribution in [1.29, 1.82) is 0 Å². The molecule has 1 aliphatic rings. The van der Waals surface area contributed by atoms with Crippen LogP contribution in [0.1, 0.15) is 17.0 Å². The summed E-state index contributed by atoms with van der Waals surface area (Å²) >= 11 is 4.85. The molecule has 0 saturated carbocycles. The van der Waals surface area contributed by atoms with E-state index in [1.165, 1.54) is 11.9 Å². The highest BCUT2D eigenvalue weighted by molar-refractivity contribution is 9.10. The number of amides is 1. The van der Waals surface area contributed by atoms with Gasteiger partial charge in [0.05, 0.1) is 10.6 Å². The molecule has 1 aliphatic heterocycles. The van der Waals surface area contributed by atoms with Crippen molar-refractivity contribution in [2.75, 3.05) is 6.54 Å². The Balaban J connectivity index is 1.51. The lowest BCUT2D eigenvalue weighted by Gasteiger charge is -2.20. The van der Waals surface area contributed by atoms with Gasteiger partial charge in [-0.05, 0) is 41.3 Å². The summed E-state index contributed by atoms with van der Waals surface area (Å²) < 4.78 is 4.02. The van der Waals surface area contributed by atoms with Crippen LogP contribution in [-0.4, -0.2) is 18.3 Å². The van der Waals surface area contributed by atoms with Crippen molar-refractivity contribution in [3.05, 3.63) is 94.5 Å². The highest BCUT2D eigenvalue weighted by Crippen LogP contribution is 2.33. The molecule has 28 heavy (non-hydrogen) atoms. The number of nitrogens with zero attached hydrogens (tertiary/aromatic N) is 1. The number of carbonyl (C=O) groups is 1. The standard InChI is InChI=1S/C22H18BrN3OS/c23-17-11-12-19-20(13-17)28-26-21(25-19)22(27)24-14-18(15-7-3-1-4-8-15)16-9-5-2-6-10-16/h1-13,18H,14H2,(H,24,27)(H,25,26). The Bertz CT molecular complexity index is 969. The van der Waals surface area contributed by atoms with Gasteiger partial charge in [0.1, 0.15) is 0 Å². The predicted octanol–water partition coefficient (Wildman–Crippen LogP) is 5.04. The lowest BCUT2D eigenvalue weighted by molar-refractivity contribution is -0.114. The smallest absolute Gasteiger partial charge is 0.287 e. The number of hydrogen-bond donors (Lipinski definition) is 2. The quantitative estimate of drug-likeness (QED) is 0.534. The third-order valence-corrected chi connectivity index (χ3v) is 5.83. The van der Waals surface area contributed by atoms with Crippen molar-refractivity contribution in [2.45, 2.75) is 10.8 Å². The van der Waals surface area contributed by atoms with E-state index in [-0.39, 0.29) is 11.8 Å². The highest BCUT2D eigenvalue weighted by Gasteiger charge is 2.21. The molecule has 0 atom stereocenters. The number of rotatable bonds is 5. The second kappa shape index (κ2) is 8.63. The second-order valence-corrected chi connectivity index (χ2v) is 8.12. The summed E-state index contributed by atoms with van der Waals surface area (Å²) in [7, 11) is 0. The lowest BCUT2D eigenvalue weighted by atomic mass is 9.91. The molecule has 3 aromatic rings. The molecule has 1 heterocycles. The van der Waals surface area contributed by atoms with Gasteiger partial charge in [0.25, 0.3) is 5.91 Å². The van der Waals surface area contributed by atoms with E-state index >= 15 is 0 Å². The summed E-state index contributed by atoms with van der Waals surface area (Å²) in [6, 6.07) is 26.2. The average Bonchev–Trinajstić information content (AvgIpc) is 2.75. The zero-order valence-corrected chi connectivity index (χ0v) is 17.3. The van der Waals surface area contributed by atoms with E-state index < -0.39 is 0 Å². The molecule has 0 aliphatic carbocycles. The minimum atomic E-state index is -0.210. The summed E-state index contributed by atoms with van der Waals surface area (Å²) in [6.07, 6.45) is 0. The molecule has 4 nitrogen and oxygen atoms in total. The highest BCUT2D eigenvalue weighted by atomic mass is 79.9. The number of fused-ring (bicyclic) bond motifs is 1. The van der Waals surface area contributed by atoms with E-state index in [2.05, 4.69) is 55.2 Å². The molecular weight excluding hydrogens is 434 g/mol. The maximum Gasteiger partial charge on any atom is 0.287 e. The molecular formula is C22H18BrN3OS. The van der Waals surface area contributed by atoms with Crippen molar-refractivity contribution in [3.63, 3.8) is 0 Å². The van der Waals surface area contributed by atoms with Crippen LogP contribution in [0.25, 0.3) is 0 Å². The van der Waals surface area contributed by atoms with Crippen LogP contribution in [0.15, 0.2) is 93.2 Å². The number of amidine groups is 1. The van der Waals surface area contributed by atoms with Crippen molar-refractivity contribution < 1.29 is 4.79 Å². The van der Waals surface area contributed by atoms with E-state index in [1.807, 2.05) is 54.6 Å². The molecule has 0 spiro atoms. The van der Waals surface area contributed by atoms with Gasteiger partial charge in [0.2, 0.25) is 5.84 Å². The van der Waals surface area contributed by atoms with Crippen LogP contribution in [-0.2, 0) is 4.79 Å². The Hall–Kier alpha value is -2.57. The summed E-state index contributed by atoms with van der Waals surface area (Å²) in [5, 5.41) is 3.04. The zero-order valence-electron chi connectivity index (χ0n) is 14.9. The number of carbonyl (C=O) groups excluding carboxylic acids is 1. The molecule has 2 N–H and O–H groups in total. The third kappa shape index (κ3) is 4.29. The van der Waals surface area contributed by atoms with Crippen LogP contribution in [0.5, 0.6) is 0 Å². The minimum absolute atomic E-state index is 0.0754. The number of aliphatic imine (C=N–C) groups is 1. The van der Waals surface area contributed by atoms with Crippen LogP contribution in [0.3, 0.4) is 0 Å². The third-order valence-electron chi connectivity index (χ3n) is 4.50. The SMILES string of the molecule is O=C(NCC(c1ccccc1)c1ccccc1)C1=Nc2ccc(Br)cc2SN1. The molecule has 6 heteroatoms. The average molecular weight is 452 g/mol. The number of hydrogen-bond acceptors (Lipinski definition) is 4. The van der Waals surface area contributed by atoms with Gasteiger partial charge in [-0.2, -0.15) is 0 Å². The van der Waals surface area contributed by atoms with Gasteiger partial charge >= 0.3 is 0 Å². The number of halogens is 1. The van der Waals surface area contributed by atoms with Gasteiger partial charge in [-0.1, -0.05) is 76.6 Å². The van der Waals surface area contributed by atoms with Crippen molar-refractivity contribution in [3.8, 4) is 0 Å². The predicted molar refractivity (Wildman–Crippen MR) is 118 cm³/mol. The first-order chi connectivity index (χ1) is 13.7. The largest absolute Gasteiger partial charge is 0.348 e. The minimum Gasteiger partial charge on any atom is -0.348 e. The number of nitrogens with one attached hydrogen (secondary N) is 2. The van der Waals surface area contributed by atoms with E-state index in [0.717, 1.165) is 26.2 Å². The van der Waals surface area contributed by atoms with Crippen LogP contribution in [0.4, 0.5) is 5.69 Å². The van der Waals surface area contributed by atoms with Gasteiger partial charge in [-0.25, -0.2) is 4.99 Å². The molecule has 0 unspecified atom stereocenters. The fraction of sp³-hybridized carbons (Fsp3) is 0.0909. The van der Waals surface area contributed by atoms with Crippen LogP contribution in [0.2, 0.25) is 0 Å². The maximum absolute atomic E-state index is 12.7. The first-order valence-corrected chi connectivity index (χ1v) is 10.5. The van der Waals surface area contributed by atoms with Crippen LogP contribution >= 0.6 is 27.9 Å². The topological polar surface area (TPSA) is 53.5 Å². The molecule has 0 aromatic heterocycles. The molecule has 0 bridgehead atoms. The second-order valence-electron chi connectivity index (χ2n) is 6.36. The van der Waals surface area contributed by atoms with E-state index in [9.17, 15) is 4.79 Å². The molecule has 1 amide bonds. The van der Waals surface area contributed by atoms with Crippen molar-refractivity contribution >= 4 is 45.3 Å². The van der Waals surface area contributed by atoms with Gasteiger partial charge in [-0.15, -0.1) is 0 Å². The molecule has 0 fully saturated rings. The van der Waals surface area contributed by atoms with Gasteiger partial charge in [-0.3, -0.25) is 4.79 Å². The molecule has 3 aromatic carbocycles. The van der Waals surface area contributed by atoms with E-state index in [4.69, 9.17) is 0 Å². The van der Waals surface area contributed by atoms with Gasteiger partial charge in [0.15, 0.2) is 0 Å². The van der Waals surface area contributed by atoms with Crippen LogP contribution < -0.4 is 10.0 Å². The Morgan fingerprint density at radius 3 is 2.29 bits per heavy atom. The molecule has 140 valence electrons. The van der Waals surface area contributed by atoms with E-state index in [0.29, 0.717) is 12.4 Å². The van der Waals surface area contributed by atoms with Crippen molar-refractivity contribution in [2.24, 2.45) is 4.99 Å².